The fourth-order valence-electron chi connectivity index (χ4n) is 2.70. The maximum absolute atomic E-state index is 6.37. The molecule has 92 valence electrons. The fraction of sp³-hybridized carbons (Fsp3) is 0. The van der Waals surface area contributed by atoms with Crippen LogP contribution in [0.4, 0.5) is 0 Å². The molecular formula is C16H9BrClN. The summed E-state index contributed by atoms with van der Waals surface area (Å²) in [5, 5.41) is 5.52. The zero-order valence-electron chi connectivity index (χ0n) is 9.87. The average Bonchev–Trinajstić information content (AvgIpc) is 2.76. The summed E-state index contributed by atoms with van der Waals surface area (Å²) >= 11 is 9.91. The molecule has 0 unspecified atom stereocenters. The highest BCUT2D eigenvalue weighted by Crippen LogP contribution is 2.36. The topological polar surface area (TPSA) is 15.8 Å². The smallest absolute Gasteiger partial charge is 0.0505 e. The van der Waals surface area contributed by atoms with Gasteiger partial charge in [0.05, 0.1) is 5.02 Å². The Labute approximate surface area is 123 Å². The van der Waals surface area contributed by atoms with Gasteiger partial charge in [-0.2, -0.15) is 0 Å². The van der Waals surface area contributed by atoms with Gasteiger partial charge in [-0.25, -0.2) is 0 Å². The molecule has 3 heteroatoms. The second-order valence-corrected chi connectivity index (χ2v) is 5.96. The summed E-state index contributed by atoms with van der Waals surface area (Å²) in [4.78, 5) is 3.43. The van der Waals surface area contributed by atoms with Crippen molar-refractivity contribution in [1.29, 1.82) is 0 Å². The molecule has 3 aromatic carbocycles. The van der Waals surface area contributed by atoms with Gasteiger partial charge in [-0.15, -0.1) is 0 Å². The highest BCUT2D eigenvalue weighted by atomic mass is 79.9. The molecule has 0 bridgehead atoms. The van der Waals surface area contributed by atoms with Crippen LogP contribution in [-0.2, 0) is 0 Å². The van der Waals surface area contributed by atoms with Crippen LogP contribution in [0.25, 0.3) is 32.6 Å². The van der Waals surface area contributed by atoms with Crippen molar-refractivity contribution in [2.24, 2.45) is 0 Å². The molecule has 0 aliphatic rings. The summed E-state index contributed by atoms with van der Waals surface area (Å²) in [5.74, 6) is 0. The molecule has 1 nitrogen and oxygen atoms in total. The summed E-state index contributed by atoms with van der Waals surface area (Å²) in [6, 6.07) is 16.5. The lowest BCUT2D eigenvalue weighted by Gasteiger charge is -2.02. The molecular weight excluding hydrogens is 322 g/mol. The van der Waals surface area contributed by atoms with E-state index in [2.05, 4.69) is 51.2 Å². The van der Waals surface area contributed by atoms with E-state index >= 15 is 0 Å². The molecule has 0 saturated heterocycles. The second-order valence-electron chi connectivity index (χ2n) is 4.64. The van der Waals surface area contributed by atoms with Crippen LogP contribution in [0, 0.1) is 0 Å². The van der Waals surface area contributed by atoms with Gasteiger partial charge in [0.15, 0.2) is 0 Å². The number of aromatic nitrogens is 1. The van der Waals surface area contributed by atoms with Gasteiger partial charge in [-0.1, -0.05) is 51.8 Å². The minimum Gasteiger partial charge on any atom is -0.354 e. The SMILES string of the molecule is Clc1cc2[nH]c3ccc(Br)cc3c2c2ccccc12. The molecule has 4 rings (SSSR count). The number of benzene rings is 3. The van der Waals surface area contributed by atoms with Crippen molar-refractivity contribution in [1.82, 2.24) is 4.98 Å². The average molecular weight is 331 g/mol. The molecule has 4 aromatic rings. The fourth-order valence-corrected chi connectivity index (χ4v) is 3.33. The third-order valence-corrected chi connectivity index (χ3v) is 4.32. The number of hydrogen-bond acceptors (Lipinski definition) is 0. The Bertz CT molecular complexity index is 940. The van der Waals surface area contributed by atoms with E-state index < -0.39 is 0 Å². The molecule has 0 fully saturated rings. The molecule has 0 saturated carbocycles. The Morgan fingerprint density at radius 1 is 0.842 bits per heavy atom. The van der Waals surface area contributed by atoms with E-state index in [0.717, 1.165) is 25.9 Å². The van der Waals surface area contributed by atoms with Crippen molar-refractivity contribution in [3.05, 3.63) is 58.0 Å². The van der Waals surface area contributed by atoms with Gasteiger partial charge >= 0.3 is 0 Å². The number of H-pyrrole nitrogens is 1. The lowest BCUT2D eigenvalue weighted by Crippen LogP contribution is -1.76. The molecule has 0 spiro atoms. The Balaban J connectivity index is 2.36. The van der Waals surface area contributed by atoms with Crippen molar-refractivity contribution in [2.75, 3.05) is 0 Å². The van der Waals surface area contributed by atoms with Gasteiger partial charge in [0.2, 0.25) is 0 Å². The highest BCUT2D eigenvalue weighted by molar-refractivity contribution is 9.10. The molecule has 19 heavy (non-hydrogen) atoms. The van der Waals surface area contributed by atoms with E-state index in [0.29, 0.717) is 0 Å². The van der Waals surface area contributed by atoms with Crippen molar-refractivity contribution in [2.45, 2.75) is 0 Å². The van der Waals surface area contributed by atoms with Crippen LogP contribution in [-0.4, -0.2) is 4.98 Å². The quantitative estimate of drug-likeness (QED) is 0.414. The number of hydrogen-bond donors (Lipinski definition) is 1. The monoisotopic (exact) mass is 329 g/mol. The van der Waals surface area contributed by atoms with E-state index in [4.69, 9.17) is 11.6 Å². The lowest BCUT2D eigenvalue weighted by molar-refractivity contribution is 1.55. The molecule has 0 radical (unpaired) electrons. The van der Waals surface area contributed by atoms with Crippen LogP contribution >= 0.6 is 27.5 Å². The van der Waals surface area contributed by atoms with E-state index in [1.165, 1.54) is 16.2 Å². The third-order valence-electron chi connectivity index (χ3n) is 3.51. The van der Waals surface area contributed by atoms with Crippen molar-refractivity contribution in [3.63, 3.8) is 0 Å². The normalized spacial score (nSPS) is 11.7. The Morgan fingerprint density at radius 3 is 2.47 bits per heavy atom. The maximum atomic E-state index is 6.37. The van der Waals surface area contributed by atoms with Crippen LogP contribution in [0.1, 0.15) is 0 Å². The largest absolute Gasteiger partial charge is 0.354 e. The molecule has 1 heterocycles. The third kappa shape index (κ3) is 1.60. The van der Waals surface area contributed by atoms with Crippen LogP contribution in [0.2, 0.25) is 5.02 Å². The number of nitrogens with one attached hydrogen (secondary N) is 1. The van der Waals surface area contributed by atoms with Gasteiger partial charge < -0.3 is 4.98 Å². The summed E-state index contributed by atoms with van der Waals surface area (Å²) in [5.41, 5.74) is 2.21. The first-order chi connectivity index (χ1) is 9.24. The summed E-state index contributed by atoms with van der Waals surface area (Å²) in [7, 11) is 0. The van der Waals surface area contributed by atoms with Crippen molar-refractivity contribution in [3.8, 4) is 0 Å². The zero-order valence-corrected chi connectivity index (χ0v) is 12.2. The predicted molar refractivity (Wildman–Crippen MR) is 86.0 cm³/mol. The van der Waals surface area contributed by atoms with Gasteiger partial charge in [0.1, 0.15) is 0 Å². The molecule has 0 aliphatic carbocycles. The molecule has 0 aliphatic heterocycles. The molecule has 0 atom stereocenters. The van der Waals surface area contributed by atoms with E-state index in [-0.39, 0.29) is 0 Å². The van der Waals surface area contributed by atoms with Gasteiger partial charge in [0, 0.05) is 31.7 Å². The maximum Gasteiger partial charge on any atom is 0.0505 e. The van der Waals surface area contributed by atoms with E-state index in [1.54, 1.807) is 0 Å². The number of aromatic amines is 1. The first kappa shape index (κ1) is 11.3. The first-order valence-electron chi connectivity index (χ1n) is 6.02. The number of halogens is 2. The lowest BCUT2D eigenvalue weighted by atomic mass is 10.0. The Morgan fingerprint density at radius 2 is 1.63 bits per heavy atom. The minimum absolute atomic E-state index is 0.786. The van der Waals surface area contributed by atoms with Crippen LogP contribution in [0.5, 0.6) is 0 Å². The van der Waals surface area contributed by atoms with Gasteiger partial charge in [0.25, 0.3) is 0 Å². The van der Waals surface area contributed by atoms with E-state index in [1.807, 2.05) is 18.2 Å². The van der Waals surface area contributed by atoms with E-state index in [9.17, 15) is 0 Å². The van der Waals surface area contributed by atoms with Crippen LogP contribution < -0.4 is 0 Å². The van der Waals surface area contributed by atoms with Gasteiger partial charge in [-0.3, -0.25) is 0 Å². The van der Waals surface area contributed by atoms with Crippen molar-refractivity contribution < 1.29 is 0 Å². The summed E-state index contributed by atoms with van der Waals surface area (Å²) in [6.45, 7) is 0. The summed E-state index contributed by atoms with van der Waals surface area (Å²) in [6.07, 6.45) is 0. The molecule has 1 N–H and O–H groups in total. The first-order valence-corrected chi connectivity index (χ1v) is 7.19. The van der Waals surface area contributed by atoms with Crippen LogP contribution in [0.3, 0.4) is 0 Å². The van der Waals surface area contributed by atoms with Crippen molar-refractivity contribution >= 4 is 60.1 Å². The second kappa shape index (κ2) is 3.99. The zero-order chi connectivity index (χ0) is 13.0. The highest BCUT2D eigenvalue weighted by Gasteiger charge is 2.10. The van der Waals surface area contributed by atoms with Crippen LogP contribution in [0.15, 0.2) is 53.0 Å². The Kier molecular flexibility index (Phi) is 2.38. The Hall–Kier alpha value is -1.51. The standard InChI is InChI=1S/C16H9BrClN/c17-9-5-6-14-12(7-9)16-11-4-2-1-3-10(11)13(18)8-15(16)19-14/h1-8,19H. The summed E-state index contributed by atoms with van der Waals surface area (Å²) < 4.78 is 1.08. The molecule has 0 amide bonds. The number of rotatable bonds is 0. The van der Waals surface area contributed by atoms with Gasteiger partial charge in [-0.05, 0) is 29.7 Å². The molecule has 1 aromatic heterocycles. The minimum atomic E-state index is 0.786. The number of fused-ring (bicyclic) bond motifs is 5. The predicted octanol–water partition coefficient (Wildman–Crippen LogP) is 5.89.